The van der Waals surface area contributed by atoms with E-state index in [2.05, 4.69) is 5.32 Å². The van der Waals surface area contributed by atoms with Gasteiger partial charge in [0.05, 0.1) is 12.6 Å². The summed E-state index contributed by atoms with van der Waals surface area (Å²) in [6, 6.07) is 9.56. The van der Waals surface area contributed by atoms with Gasteiger partial charge in [-0.25, -0.2) is 0 Å². The first-order valence-electron chi connectivity index (χ1n) is 6.98. The highest BCUT2D eigenvalue weighted by Gasteiger charge is 2.10. The topological polar surface area (TPSA) is 49.3 Å². The van der Waals surface area contributed by atoms with Gasteiger partial charge < -0.3 is 10.4 Å². The molecule has 3 nitrogen and oxygen atoms in total. The Morgan fingerprint density at radius 2 is 2.00 bits per heavy atom. The van der Waals surface area contributed by atoms with E-state index in [0.29, 0.717) is 6.42 Å². The normalized spacial score (nSPS) is 13.4. The molecule has 1 atom stereocenters. The zero-order valence-corrected chi connectivity index (χ0v) is 12.2. The van der Waals surface area contributed by atoms with E-state index in [-0.39, 0.29) is 18.6 Å². The summed E-state index contributed by atoms with van der Waals surface area (Å²) in [7, 11) is 0. The molecule has 3 heteroatoms. The van der Waals surface area contributed by atoms with Gasteiger partial charge in [0, 0.05) is 6.08 Å². The fourth-order valence-corrected chi connectivity index (χ4v) is 1.91. The Bertz CT molecular complexity index is 463. The van der Waals surface area contributed by atoms with E-state index in [0.717, 1.165) is 17.6 Å². The zero-order chi connectivity index (χ0) is 14.8. The molecular formula is C17H23NO2. The Morgan fingerprint density at radius 3 is 2.55 bits per heavy atom. The highest BCUT2D eigenvalue weighted by atomic mass is 16.3. The standard InChI is InChI=1S/C17H23NO2/c1-3-14(4-2)10-11-17(20)18-16(13-19)12-15-8-6-5-7-9-15/h3,5-11,16,19H,4,12-13H2,1-2H3,(H,18,20). The number of amides is 1. The number of carbonyl (C=O) groups is 1. The van der Waals surface area contributed by atoms with Crippen LogP contribution in [0.2, 0.25) is 0 Å². The van der Waals surface area contributed by atoms with Gasteiger partial charge in [0.15, 0.2) is 0 Å². The fraction of sp³-hybridized carbons (Fsp3) is 0.353. The highest BCUT2D eigenvalue weighted by Crippen LogP contribution is 2.04. The molecule has 2 N–H and O–H groups in total. The number of nitrogens with one attached hydrogen (secondary N) is 1. The fourth-order valence-electron chi connectivity index (χ4n) is 1.91. The first-order valence-corrected chi connectivity index (χ1v) is 6.98. The van der Waals surface area contributed by atoms with Crippen LogP contribution in [0.15, 0.2) is 54.1 Å². The molecular weight excluding hydrogens is 250 g/mol. The van der Waals surface area contributed by atoms with E-state index in [4.69, 9.17) is 0 Å². The van der Waals surface area contributed by atoms with E-state index < -0.39 is 0 Å². The SMILES string of the molecule is CC=C(C=CC(=O)NC(CO)Cc1ccccc1)CC. The lowest BCUT2D eigenvalue weighted by Crippen LogP contribution is -2.38. The summed E-state index contributed by atoms with van der Waals surface area (Å²) in [5, 5.41) is 12.2. The number of benzene rings is 1. The van der Waals surface area contributed by atoms with Gasteiger partial charge in [0.1, 0.15) is 0 Å². The van der Waals surface area contributed by atoms with E-state index in [9.17, 15) is 9.90 Å². The molecule has 108 valence electrons. The van der Waals surface area contributed by atoms with Crippen LogP contribution in [0.4, 0.5) is 0 Å². The molecule has 1 aromatic carbocycles. The maximum absolute atomic E-state index is 11.8. The molecule has 0 saturated heterocycles. The van der Waals surface area contributed by atoms with Crippen LogP contribution in [0.3, 0.4) is 0 Å². The summed E-state index contributed by atoms with van der Waals surface area (Å²) in [5.41, 5.74) is 2.21. The van der Waals surface area contributed by atoms with Crippen molar-refractivity contribution in [2.75, 3.05) is 6.61 Å². The molecule has 0 spiro atoms. The van der Waals surface area contributed by atoms with Crippen LogP contribution in [0, 0.1) is 0 Å². The molecule has 0 aliphatic heterocycles. The number of hydrogen-bond donors (Lipinski definition) is 2. The Kier molecular flexibility index (Phi) is 7.36. The number of aliphatic hydroxyl groups excluding tert-OH is 1. The van der Waals surface area contributed by atoms with E-state index >= 15 is 0 Å². The van der Waals surface area contributed by atoms with Crippen LogP contribution in [-0.4, -0.2) is 23.7 Å². The lowest BCUT2D eigenvalue weighted by atomic mass is 10.1. The van der Waals surface area contributed by atoms with Crippen molar-refractivity contribution in [3.63, 3.8) is 0 Å². The van der Waals surface area contributed by atoms with Crippen molar-refractivity contribution in [3.8, 4) is 0 Å². The molecule has 1 unspecified atom stereocenters. The van der Waals surface area contributed by atoms with Crippen LogP contribution < -0.4 is 5.32 Å². The number of hydrogen-bond acceptors (Lipinski definition) is 2. The van der Waals surface area contributed by atoms with Crippen molar-refractivity contribution >= 4 is 5.91 Å². The molecule has 1 aromatic rings. The second-order valence-corrected chi connectivity index (χ2v) is 4.63. The predicted octanol–water partition coefficient (Wildman–Crippen LogP) is 2.62. The van der Waals surface area contributed by atoms with Gasteiger partial charge in [-0.15, -0.1) is 0 Å². The van der Waals surface area contributed by atoms with Gasteiger partial charge in [0.25, 0.3) is 0 Å². The number of carbonyl (C=O) groups excluding carboxylic acids is 1. The molecule has 0 fully saturated rings. The van der Waals surface area contributed by atoms with E-state index in [1.54, 1.807) is 0 Å². The molecule has 0 aliphatic carbocycles. The Balaban J connectivity index is 2.54. The molecule has 1 rings (SSSR count). The summed E-state index contributed by atoms with van der Waals surface area (Å²) in [6.45, 7) is 3.93. The van der Waals surface area contributed by atoms with Gasteiger partial charge >= 0.3 is 0 Å². The molecule has 0 saturated carbocycles. The smallest absolute Gasteiger partial charge is 0.244 e. The summed E-state index contributed by atoms with van der Waals surface area (Å²) in [4.78, 5) is 11.8. The van der Waals surface area contributed by atoms with Crippen molar-refractivity contribution in [2.24, 2.45) is 0 Å². The second kappa shape index (κ2) is 9.10. The maximum atomic E-state index is 11.8. The maximum Gasteiger partial charge on any atom is 0.244 e. The molecule has 0 aliphatic rings. The van der Waals surface area contributed by atoms with Gasteiger partial charge in [0.2, 0.25) is 5.91 Å². The zero-order valence-electron chi connectivity index (χ0n) is 12.2. The Labute approximate surface area is 121 Å². The number of rotatable bonds is 7. The van der Waals surface area contributed by atoms with Crippen molar-refractivity contribution in [1.82, 2.24) is 5.32 Å². The minimum absolute atomic E-state index is 0.0707. The summed E-state index contributed by atoms with van der Waals surface area (Å²) in [5.74, 6) is -0.173. The van der Waals surface area contributed by atoms with Crippen LogP contribution >= 0.6 is 0 Å². The van der Waals surface area contributed by atoms with Crippen LogP contribution in [0.5, 0.6) is 0 Å². The van der Waals surface area contributed by atoms with Gasteiger partial charge in [-0.2, -0.15) is 0 Å². The third-order valence-corrected chi connectivity index (χ3v) is 3.12. The molecule has 0 aromatic heterocycles. The predicted molar refractivity (Wildman–Crippen MR) is 82.4 cm³/mol. The molecule has 0 heterocycles. The van der Waals surface area contributed by atoms with Gasteiger partial charge in [-0.1, -0.05) is 55.0 Å². The molecule has 0 bridgehead atoms. The first-order chi connectivity index (χ1) is 9.69. The minimum Gasteiger partial charge on any atom is -0.394 e. The lowest BCUT2D eigenvalue weighted by molar-refractivity contribution is -0.117. The number of allylic oxidation sites excluding steroid dienone is 3. The van der Waals surface area contributed by atoms with E-state index in [1.165, 1.54) is 6.08 Å². The average Bonchev–Trinajstić information content (AvgIpc) is 2.48. The average molecular weight is 273 g/mol. The Hall–Kier alpha value is -1.87. The second-order valence-electron chi connectivity index (χ2n) is 4.63. The first kappa shape index (κ1) is 16.2. The third kappa shape index (κ3) is 5.85. The lowest BCUT2D eigenvalue weighted by Gasteiger charge is -2.15. The van der Waals surface area contributed by atoms with E-state index in [1.807, 2.05) is 56.3 Å². The van der Waals surface area contributed by atoms with Crippen molar-refractivity contribution in [3.05, 3.63) is 59.7 Å². The van der Waals surface area contributed by atoms with Gasteiger partial charge in [-0.05, 0) is 25.3 Å². The van der Waals surface area contributed by atoms with Crippen molar-refractivity contribution in [1.29, 1.82) is 0 Å². The van der Waals surface area contributed by atoms with Crippen molar-refractivity contribution < 1.29 is 9.90 Å². The van der Waals surface area contributed by atoms with Gasteiger partial charge in [-0.3, -0.25) is 4.79 Å². The third-order valence-electron chi connectivity index (χ3n) is 3.12. The summed E-state index contributed by atoms with van der Waals surface area (Å²) >= 11 is 0. The Morgan fingerprint density at radius 1 is 1.30 bits per heavy atom. The summed E-state index contributed by atoms with van der Waals surface area (Å²) in [6.07, 6.45) is 6.84. The minimum atomic E-state index is -0.259. The quantitative estimate of drug-likeness (QED) is 0.592. The largest absolute Gasteiger partial charge is 0.394 e. The molecule has 1 amide bonds. The van der Waals surface area contributed by atoms with Crippen LogP contribution in [0.1, 0.15) is 25.8 Å². The number of aliphatic hydroxyl groups is 1. The summed E-state index contributed by atoms with van der Waals surface area (Å²) < 4.78 is 0. The molecule has 0 radical (unpaired) electrons. The van der Waals surface area contributed by atoms with Crippen molar-refractivity contribution in [2.45, 2.75) is 32.7 Å². The monoisotopic (exact) mass is 273 g/mol. The highest BCUT2D eigenvalue weighted by molar-refractivity contribution is 5.88. The molecule has 20 heavy (non-hydrogen) atoms. The van der Waals surface area contributed by atoms with Crippen LogP contribution in [-0.2, 0) is 11.2 Å². The van der Waals surface area contributed by atoms with Crippen LogP contribution in [0.25, 0.3) is 0 Å².